The first-order valence-electron chi connectivity index (χ1n) is 6.31. The summed E-state index contributed by atoms with van der Waals surface area (Å²) in [6.07, 6.45) is 8.73. The number of hydrogen-bond acceptors (Lipinski definition) is 4. The Morgan fingerprint density at radius 3 is 2.59 bits per heavy atom. The zero-order valence-corrected chi connectivity index (χ0v) is 10.6. The predicted molar refractivity (Wildman–Crippen MR) is 63.0 cm³/mol. The van der Waals surface area contributed by atoms with Crippen molar-refractivity contribution < 1.29 is 8.42 Å². The Hall–Kier alpha value is -0.910. The molecule has 94 valence electrons. The molecule has 1 aromatic rings. The lowest BCUT2D eigenvalue weighted by molar-refractivity contribution is 0.528. The maximum atomic E-state index is 11.9. The quantitative estimate of drug-likeness (QED) is 0.814. The molecule has 2 saturated carbocycles. The highest BCUT2D eigenvalue weighted by molar-refractivity contribution is 7.90. The summed E-state index contributed by atoms with van der Waals surface area (Å²) in [5, 5.41) is 3.91. The summed E-state index contributed by atoms with van der Waals surface area (Å²) in [7, 11) is -3.24. The first-order valence-corrected chi connectivity index (χ1v) is 7.81. The van der Waals surface area contributed by atoms with Crippen molar-refractivity contribution in [2.45, 2.75) is 50.2 Å². The molecule has 2 fully saturated rings. The number of hydrogen-bond donors (Lipinski definition) is 0. The fourth-order valence-electron chi connectivity index (χ4n) is 2.49. The fourth-order valence-corrected chi connectivity index (χ4v) is 3.91. The van der Waals surface area contributed by atoms with Crippen molar-refractivity contribution in [2.75, 3.05) is 0 Å². The van der Waals surface area contributed by atoms with E-state index in [4.69, 9.17) is 0 Å². The Bertz CT molecular complexity index is 499. The van der Waals surface area contributed by atoms with Crippen molar-refractivity contribution in [1.29, 1.82) is 0 Å². The van der Waals surface area contributed by atoms with E-state index in [1.165, 1.54) is 32.0 Å². The van der Waals surface area contributed by atoms with Gasteiger partial charge in [-0.3, -0.25) is 0 Å². The van der Waals surface area contributed by atoms with Crippen molar-refractivity contribution in [3.8, 4) is 0 Å². The maximum Gasteiger partial charge on any atom is 0.258 e. The third kappa shape index (κ3) is 2.22. The van der Waals surface area contributed by atoms with Gasteiger partial charge < -0.3 is 0 Å². The summed E-state index contributed by atoms with van der Waals surface area (Å²) in [6.45, 7) is 0. The van der Waals surface area contributed by atoms with E-state index in [1.807, 2.05) is 0 Å². The summed E-state index contributed by atoms with van der Waals surface area (Å²) in [5.41, 5.74) is 0. The van der Waals surface area contributed by atoms with Crippen LogP contribution in [0.25, 0.3) is 0 Å². The molecule has 1 heterocycles. The third-order valence-electron chi connectivity index (χ3n) is 3.67. The topological polar surface area (TPSA) is 64.8 Å². The minimum absolute atomic E-state index is 0.219. The van der Waals surface area contributed by atoms with Crippen LogP contribution in [0, 0.1) is 5.92 Å². The highest BCUT2D eigenvalue weighted by Crippen LogP contribution is 2.30. The Kier molecular flexibility index (Phi) is 2.69. The summed E-state index contributed by atoms with van der Waals surface area (Å²) >= 11 is 0. The van der Waals surface area contributed by atoms with E-state index in [0.29, 0.717) is 11.7 Å². The average molecular weight is 255 g/mol. The van der Waals surface area contributed by atoms with E-state index >= 15 is 0 Å². The van der Waals surface area contributed by atoms with Gasteiger partial charge in [-0.2, -0.15) is 0 Å². The summed E-state index contributed by atoms with van der Waals surface area (Å²) in [4.78, 5) is 4.13. The lowest BCUT2D eigenvalue weighted by Crippen LogP contribution is -2.18. The second-order valence-corrected chi connectivity index (χ2v) is 7.20. The van der Waals surface area contributed by atoms with E-state index in [1.54, 1.807) is 0 Å². The van der Waals surface area contributed by atoms with Crippen LogP contribution in [0.1, 0.15) is 44.3 Å². The van der Waals surface area contributed by atoms with Crippen LogP contribution >= 0.6 is 0 Å². The van der Waals surface area contributed by atoms with E-state index in [9.17, 15) is 8.42 Å². The molecule has 0 aromatic carbocycles. The molecule has 0 bridgehead atoms. The highest BCUT2D eigenvalue weighted by atomic mass is 32.2. The normalized spacial score (nSPS) is 22.1. The molecule has 0 saturated heterocycles. The molecular weight excluding hydrogens is 238 g/mol. The standard InChI is InChI=1S/C11H17N3O2S/c15-17(16,10-5-6-10)14-8-12-11(13-14)7-9-3-1-2-4-9/h8-10H,1-7H2. The van der Waals surface area contributed by atoms with E-state index in [2.05, 4.69) is 10.1 Å². The number of rotatable bonds is 4. The minimum Gasteiger partial charge on any atom is -0.219 e. The van der Waals surface area contributed by atoms with Gasteiger partial charge in [0.05, 0.1) is 5.25 Å². The number of nitrogens with zero attached hydrogens (tertiary/aromatic N) is 3. The Morgan fingerprint density at radius 1 is 1.24 bits per heavy atom. The zero-order chi connectivity index (χ0) is 11.9. The van der Waals surface area contributed by atoms with Crippen molar-refractivity contribution >= 4 is 10.0 Å². The minimum atomic E-state index is -3.24. The molecule has 6 heteroatoms. The maximum absolute atomic E-state index is 11.9. The molecule has 3 rings (SSSR count). The molecule has 2 aliphatic carbocycles. The second-order valence-electron chi connectivity index (χ2n) is 5.13. The van der Waals surface area contributed by atoms with Gasteiger partial charge in [0.2, 0.25) is 0 Å². The largest absolute Gasteiger partial charge is 0.258 e. The molecule has 0 spiro atoms. The molecule has 0 atom stereocenters. The monoisotopic (exact) mass is 255 g/mol. The summed E-state index contributed by atoms with van der Waals surface area (Å²) in [6, 6.07) is 0. The van der Waals surface area contributed by atoms with Crippen LogP contribution in [0.4, 0.5) is 0 Å². The lowest BCUT2D eigenvalue weighted by atomic mass is 10.0. The molecule has 0 unspecified atom stereocenters. The van der Waals surface area contributed by atoms with Gasteiger partial charge in [-0.25, -0.2) is 13.4 Å². The van der Waals surface area contributed by atoms with Crippen molar-refractivity contribution in [3.05, 3.63) is 12.2 Å². The molecule has 1 aromatic heterocycles. The first-order chi connectivity index (χ1) is 8.16. The van der Waals surface area contributed by atoms with Gasteiger partial charge in [0.15, 0.2) is 5.82 Å². The lowest BCUT2D eigenvalue weighted by Gasteiger charge is -2.04. The van der Waals surface area contributed by atoms with Crippen molar-refractivity contribution in [2.24, 2.45) is 5.92 Å². The van der Waals surface area contributed by atoms with Crippen LogP contribution in [0.5, 0.6) is 0 Å². The fraction of sp³-hybridized carbons (Fsp3) is 0.818. The zero-order valence-electron chi connectivity index (χ0n) is 9.75. The molecule has 0 aliphatic heterocycles. The molecule has 2 aliphatic rings. The third-order valence-corrected chi connectivity index (χ3v) is 5.68. The van der Waals surface area contributed by atoms with Crippen LogP contribution in [-0.2, 0) is 16.4 Å². The molecular formula is C11H17N3O2S. The van der Waals surface area contributed by atoms with Crippen LogP contribution < -0.4 is 0 Å². The van der Waals surface area contributed by atoms with Gasteiger partial charge in [0, 0.05) is 6.42 Å². The summed E-state index contributed by atoms with van der Waals surface area (Å²) in [5.74, 6) is 1.33. The Balaban J connectivity index is 1.73. The van der Waals surface area contributed by atoms with Gasteiger partial charge in [-0.15, -0.1) is 9.19 Å². The van der Waals surface area contributed by atoms with Gasteiger partial charge in [-0.05, 0) is 18.8 Å². The average Bonchev–Trinajstić information content (AvgIpc) is 2.85. The molecule has 0 N–H and O–H groups in total. The van der Waals surface area contributed by atoms with E-state index in [-0.39, 0.29) is 5.25 Å². The van der Waals surface area contributed by atoms with Crippen LogP contribution in [0.3, 0.4) is 0 Å². The van der Waals surface area contributed by atoms with Crippen LogP contribution in [0.15, 0.2) is 6.33 Å². The van der Waals surface area contributed by atoms with Gasteiger partial charge >= 0.3 is 0 Å². The molecule has 0 amide bonds. The van der Waals surface area contributed by atoms with Gasteiger partial charge in [-0.1, -0.05) is 25.7 Å². The smallest absolute Gasteiger partial charge is 0.219 e. The van der Waals surface area contributed by atoms with E-state index in [0.717, 1.165) is 23.3 Å². The first kappa shape index (κ1) is 11.2. The van der Waals surface area contributed by atoms with E-state index < -0.39 is 10.0 Å². The number of aromatic nitrogens is 3. The molecule has 0 radical (unpaired) electrons. The second kappa shape index (κ2) is 4.08. The molecule has 5 nitrogen and oxygen atoms in total. The Labute approximate surface area is 101 Å². The van der Waals surface area contributed by atoms with Crippen molar-refractivity contribution in [1.82, 2.24) is 14.2 Å². The van der Waals surface area contributed by atoms with Gasteiger partial charge in [0.1, 0.15) is 6.33 Å². The predicted octanol–water partition coefficient (Wildman–Crippen LogP) is 1.35. The molecule has 17 heavy (non-hydrogen) atoms. The van der Waals surface area contributed by atoms with Crippen molar-refractivity contribution in [3.63, 3.8) is 0 Å². The summed E-state index contributed by atoms with van der Waals surface area (Å²) < 4.78 is 24.9. The Morgan fingerprint density at radius 2 is 1.94 bits per heavy atom. The highest BCUT2D eigenvalue weighted by Gasteiger charge is 2.38. The van der Waals surface area contributed by atoms with Crippen LogP contribution in [-0.4, -0.2) is 27.8 Å². The van der Waals surface area contributed by atoms with Gasteiger partial charge in [0.25, 0.3) is 10.0 Å². The SMILES string of the molecule is O=S(=O)(C1CC1)n1cnc(CC2CCCC2)n1. The van der Waals surface area contributed by atoms with Crippen LogP contribution in [0.2, 0.25) is 0 Å².